The van der Waals surface area contributed by atoms with Gasteiger partial charge in [-0.3, -0.25) is 9.36 Å². The average molecular weight is 582 g/mol. The molecule has 1 aliphatic rings. The van der Waals surface area contributed by atoms with E-state index < -0.39 is 5.97 Å². The largest absolute Gasteiger partial charge is 0.465 e. The molecule has 0 saturated heterocycles. The molecule has 1 aliphatic carbocycles. The Bertz CT molecular complexity index is 1780. The van der Waals surface area contributed by atoms with E-state index in [2.05, 4.69) is 22.1 Å². The molecule has 0 aliphatic heterocycles. The Kier molecular flexibility index (Phi) is 7.67. The number of aromatic nitrogens is 4. The summed E-state index contributed by atoms with van der Waals surface area (Å²) in [7, 11) is 1.36. The minimum Gasteiger partial charge on any atom is -0.465 e. The van der Waals surface area contributed by atoms with Crippen molar-refractivity contribution in [3.05, 3.63) is 89.3 Å². The molecule has 8 nitrogen and oxygen atoms in total. The zero-order chi connectivity index (χ0) is 28.3. The van der Waals surface area contributed by atoms with Gasteiger partial charge in [-0.2, -0.15) is 0 Å². The topological polar surface area (TPSA) is 99.0 Å². The van der Waals surface area contributed by atoms with Crippen LogP contribution in [0.5, 0.6) is 0 Å². The molecule has 0 saturated carbocycles. The number of methoxy groups -OCH3 is 1. The number of pyridine rings is 1. The summed E-state index contributed by atoms with van der Waals surface area (Å²) in [4.78, 5) is 31.5. The van der Waals surface area contributed by atoms with Crippen LogP contribution in [0.3, 0.4) is 0 Å². The van der Waals surface area contributed by atoms with Gasteiger partial charge in [0, 0.05) is 27.9 Å². The lowest BCUT2D eigenvalue weighted by Gasteiger charge is -2.12. The number of fused-ring (bicyclic) bond motifs is 2. The number of nitrogens with one attached hydrogen (secondary N) is 1. The van der Waals surface area contributed by atoms with Crippen molar-refractivity contribution in [3.8, 4) is 22.6 Å². The molecule has 0 unspecified atom stereocenters. The Morgan fingerprint density at radius 1 is 1.12 bits per heavy atom. The number of carbonyl (C=O) groups is 2. The summed E-state index contributed by atoms with van der Waals surface area (Å²) in [5.41, 5.74) is 5.08. The fraction of sp³-hybridized carbons (Fsp3) is 0.194. The van der Waals surface area contributed by atoms with Gasteiger partial charge in [-0.15, -0.1) is 28.1 Å². The van der Waals surface area contributed by atoms with Crippen molar-refractivity contribution in [2.75, 3.05) is 18.2 Å². The van der Waals surface area contributed by atoms with Gasteiger partial charge in [-0.25, -0.2) is 9.78 Å². The first-order valence-electron chi connectivity index (χ1n) is 13.2. The van der Waals surface area contributed by atoms with Crippen LogP contribution in [-0.2, 0) is 28.9 Å². The SMILES string of the molecule is C=CCn1c(SCC(=O)Nc2sc3c(c2C(=O)OC)CCC3)nnc1-c1cc(-c2ccccc2)nc2ccccc12. The Labute approximate surface area is 245 Å². The summed E-state index contributed by atoms with van der Waals surface area (Å²) >= 11 is 2.75. The second kappa shape index (κ2) is 11.7. The number of anilines is 1. The van der Waals surface area contributed by atoms with Crippen LogP contribution in [0.4, 0.5) is 5.00 Å². The zero-order valence-electron chi connectivity index (χ0n) is 22.4. The first kappa shape index (κ1) is 26.9. The molecule has 0 radical (unpaired) electrons. The molecule has 6 rings (SSSR count). The summed E-state index contributed by atoms with van der Waals surface area (Å²) in [6.07, 6.45) is 4.53. The number of aryl methyl sites for hydroxylation is 1. The Morgan fingerprint density at radius 2 is 1.93 bits per heavy atom. The van der Waals surface area contributed by atoms with Crippen molar-refractivity contribution in [2.45, 2.75) is 31.0 Å². The molecule has 10 heteroatoms. The number of nitrogens with zero attached hydrogens (tertiary/aromatic N) is 4. The number of carbonyl (C=O) groups excluding carboxylic acids is 2. The molecule has 0 fully saturated rings. The Hall–Kier alpha value is -4.28. The molecule has 2 aromatic carbocycles. The molecule has 0 spiro atoms. The molecule has 0 atom stereocenters. The van der Waals surface area contributed by atoms with E-state index in [-0.39, 0.29) is 11.7 Å². The average Bonchev–Trinajstić information content (AvgIpc) is 3.71. The molecule has 1 amide bonds. The van der Waals surface area contributed by atoms with Gasteiger partial charge < -0.3 is 10.1 Å². The van der Waals surface area contributed by atoms with Gasteiger partial charge in [0.05, 0.1) is 29.6 Å². The normalized spacial score (nSPS) is 12.3. The maximum atomic E-state index is 13.0. The van der Waals surface area contributed by atoms with Gasteiger partial charge in [-0.1, -0.05) is 66.4 Å². The van der Waals surface area contributed by atoms with Crippen LogP contribution < -0.4 is 5.32 Å². The number of amides is 1. The van der Waals surface area contributed by atoms with E-state index in [1.54, 1.807) is 6.08 Å². The number of hydrogen-bond acceptors (Lipinski definition) is 8. The monoisotopic (exact) mass is 581 g/mol. The molecule has 3 aromatic heterocycles. The smallest absolute Gasteiger partial charge is 0.341 e. The van der Waals surface area contributed by atoms with Crippen LogP contribution >= 0.6 is 23.1 Å². The number of benzene rings is 2. The number of ether oxygens (including phenoxy) is 1. The number of para-hydroxylation sites is 1. The predicted octanol–water partition coefficient (Wildman–Crippen LogP) is 6.41. The second-order valence-corrected chi connectivity index (χ2v) is 11.6. The Morgan fingerprint density at radius 3 is 2.73 bits per heavy atom. The van der Waals surface area contributed by atoms with Crippen molar-refractivity contribution in [3.63, 3.8) is 0 Å². The molecule has 3 heterocycles. The fourth-order valence-electron chi connectivity index (χ4n) is 5.11. The van der Waals surface area contributed by atoms with Crippen molar-refractivity contribution in [1.82, 2.24) is 19.7 Å². The van der Waals surface area contributed by atoms with Crippen LogP contribution in [0.15, 0.2) is 78.5 Å². The third kappa shape index (κ3) is 5.28. The number of thioether (sulfide) groups is 1. The first-order chi connectivity index (χ1) is 20.1. The summed E-state index contributed by atoms with van der Waals surface area (Å²) in [5, 5.41) is 14.1. The molecular formula is C31H27N5O3S2. The van der Waals surface area contributed by atoms with Gasteiger partial charge in [0.2, 0.25) is 5.91 Å². The van der Waals surface area contributed by atoms with Crippen LogP contribution in [0.25, 0.3) is 33.5 Å². The van der Waals surface area contributed by atoms with Gasteiger partial charge in [0.1, 0.15) is 5.00 Å². The van der Waals surface area contributed by atoms with Gasteiger partial charge in [-0.05, 0) is 37.0 Å². The highest BCUT2D eigenvalue weighted by Gasteiger charge is 2.28. The summed E-state index contributed by atoms with van der Waals surface area (Å²) in [5.74, 6) is 0.133. The van der Waals surface area contributed by atoms with Gasteiger partial charge >= 0.3 is 5.97 Å². The van der Waals surface area contributed by atoms with Crippen molar-refractivity contribution in [1.29, 1.82) is 0 Å². The van der Waals surface area contributed by atoms with E-state index in [0.29, 0.717) is 28.1 Å². The lowest BCUT2D eigenvalue weighted by Crippen LogP contribution is -2.16. The van der Waals surface area contributed by atoms with E-state index in [0.717, 1.165) is 57.4 Å². The summed E-state index contributed by atoms with van der Waals surface area (Å²) in [6.45, 7) is 4.39. The predicted molar refractivity (Wildman–Crippen MR) is 163 cm³/mol. The minimum absolute atomic E-state index is 0.102. The second-order valence-electron chi connectivity index (χ2n) is 9.53. The molecular weight excluding hydrogens is 555 g/mol. The standard InChI is InChI=1S/C31H27N5O3S2/c1-3-16-36-28(22-17-24(19-10-5-4-6-11-19)32-23-14-8-7-12-20(22)23)34-35-31(36)40-18-26(37)33-29-27(30(38)39-2)21-13-9-15-25(21)41-29/h3-8,10-12,14,17H,1,9,13,15-16,18H2,2H3,(H,33,37). The maximum Gasteiger partial charge on any atom is 0.341 e. The van der Waals surface area contributed by atoms with Crippen LogP contribution in [-0.4, -0.2) is 44.5 Å². The fourth-order valence-corrected chi connectivity index (χ4v) is 7.15. The van der Waals surface area contributed by atoms with E-state index >= 15 is 0 Å². The van der Waals surface area contributed by atoms with Crippen molar-refractivity contribution >= 4 is 50.9 Å². The molecule has 1 N–H and O–H groups in total. The number of rotatable bonds is 9. The highest BCUT2D eigenvalue weighted by Crippen LogP contribution is 2.40. The third-order valence-electron chi connectivity index (χ3n) is 6.95. The molecule has 0 bridgehead atoms. The highest BCUT2D eigenvalue weighted by atomic mass is 32.2. The van der Waals surface area contributed by atoms with Crippen molar-refractivity contribution < 1.29 is 14.3 Å². The maximum absolute atomic E-state index is 13.0. The van der Waals surface area contributed by atoms with Crippen molar-refractivity contribution in [2.24, 2.45) is 0 Å². The van der Waals surface area contributed by atoms with E-state index in [1.165, 1.54) is 30.2 Å². The number of esters is 1. The molecule has 41 heavy (non-hydrogen) atoms. The van der Waals surface area contributed by atoms with Gasteiger partial charge in [0.15, 0.2) is 11.0 Å². The van der Waals surface area contributed by atoms with Gasteiger partial charge in [0.25, 0.3) is 0 Å². The third-order valence-corrected chi connectivity index (χ3v) is 9.13. The van der Waals surface area contributed by atoms with E-state index in [4.69, 9.17) is 9.72 Å². The number of thiophene rings is 1. The molecule has 206 valence electrons. The van der Waals surface area contributed by atoms with Crippen LogP contribution in [0.2, 0.25) is 0 Å². The first-order valence-corrected chi connectivity index (χ1v) is 15.0. The van der Waals surface area contributed by atoms with Crippen LogP contribution in [0, 0.1) is 0 Å². The minimum atomic E-state index is -0.415. The number of allylic oxidation sites excluding steroid dienone is 1. The highest BCUT2D eigenvalue weighted by molar-refractivity contribution is 7.99. The summed E-state index contributed by atoms with van der Waals surface area (Å²) < 4.78 is 6.96. The molecule has 5 aromatic rings. The summed E-state index contributed by atoms with van der Waals surface area (Å²) in [6, 6.07) is 20.0. The quantitative estimate of drug-likeness (QED) is 0.122. The lowest BCUT2D eigenvalue weighted by atomic mass is 10.0. The van der Waals surface area contributed by atoms with E-state index in [9.17, 15) is 9.59 Å². The Balaban J connectivity index is 1.29. The van der Waals surface area contributed by atoms with Crippen LogP contribution in [0.1, 0.15) is 27.2 Å². The number of hydrogen-bond donors (Lipinski definition) is 1. The van der Waals surface area contributed by atoms with E-state index in [1.807, 2.05) is 65.2 Å². The lowest BCUT2D eigenvalue weighted by molar-refractivity contribution is -0.113. The zero-order valence-corrected chi connectivity index (χ0v) is 24.1.